The van der Waals surface area contributed by atoms with Crippen molar-refractivity contribution in [2.45, 2.75) is 54.7 Å². The zero-order valence-corrected chi connectivity index (χ0v) is 19.9. The summed E-state index contributed by atoms with van der Waals surface area (Å²) < 4.78 is 32.9. The van der Waals surface area contributed by atoms with Gasteiger partial charge in [0, 0.05) is 20.6 Å². The van der Waals surface area contributed by atoms with Crippen molar-refractivity contribution in [3.8, 4) is 0 Å². The van der Waals surface area contributed by atoms with E-state index in [9.17, 15) is 13.2 Å². The van der Waals surface area contributed by atoms with Gasteiger partial charge in [0.05, 0.1) is 16.7 Å². The number of benzene rings is 1. The van der Waals surface area contributed by atoms with Gasteiger partial charge in [-0.15, -0.1) is 0 Å². The number of thioether (sulfide) groups is 1. The number of hydrogen-bond donors (Lipinski definition) is 0. The average molecular weight is 474 g/mol. The van der Waals surface area contributed by atoms with Crippen molar-refractivity contribution in [2.75, 3.05) is 14.1 Å². The molecule has 0 N–H and O–H groups in total. The van der Waals surface area contributed by atoms with Crippen molar-refractivity contribution >= 4 is 32.7 Å². The second-order valence-electron chi connectivity index (χ2n) is 8.02. The third kappa shape index (κ3) is 4.84. The van der Waals surface area contributed by atoms with Gasteiger partial charge in [0.2, 0.25) is 5.09 Å². The molecular formula is C23H27N3O4S2. The molecule has 0 saturated carbocycles. The van der Waals surface area contributed by atoms with Gasteiger partial charge in [-0.2, -0.15) is 0 Å². The van der Waals surface area contributed by atoms with Crippen LogP contribution in [-0.4, -0.2) is 36.4 Å². The molecule has 0 saturated heterocycles. The maximum absolute atomic E-state index is 13.2. The molecule has 0 spiro atoms. The van der Waals surface area contributed by atoms with Gasteiger partial charge in [-0.1, -0.05) is 35.5 Å². The molecule has 0 fully saturated rings. The van der Waals surface area contributed by atoms with Crippen LogP contribution in [0.25, 0.3) is 10.9 Å². The van der Waals surface area contributed by atoms with Crippen LogP contribution in [0.15, 0.2) is 67.5 Å². The Morgan fingerprint density at radius 1 is 1.16 bits per heavy atom. The average Bonchev–Trinajstić information content (AvgIpc) is 3.28. The zero-order valence-electron chi connectivity index (χ0n) is 18.3. The molecule has 0 radical (unpaired) electrons. The third-order valence-electron chi connectivity index (χ3n) is 5.58. The molecule has 3 aromatic rings. The molecule has 0 atom stereocenters. The standard InChI is InChI=1S/C23H27N3O4S2/c1-25(2)32(28,29)21-13-12-18(30-21)16-31-23-24-20-11-7-6-10-19(20)22(27)26(23)15-14-17-8-4-3-5-9-17/h6-8,10-13H,3-5,9,14-16H2,1-2H3. The van der Waals surface area contributed by atoms with E-state index in [2.05, 4.69) is 6.08 Å². The number of aromatic nitrogens is 2. The Kier molecular flexibility index (Phi) is 6.88. The number of rotatable bonds is 8. The fraction of sp³-hybridized carbons (Fsp3) is 0.391. The highest BCUT2D eigenvalue weighted by Crippen LogP contribution is 2.26. The van der Waals surface area contributed by atoms with E-state index in [0.717, 1.165) is 23.6 Å². The maximum Gasteiger partial charge on any atom is 0.275 e. The van der Waals surface area contributed by atoms with Crippen LogP contribution in [0, 0.1) is 0 Å². The fourth-order valence-electron chi connectivity index (χ4n) is 3.73. The molecule has 0 amide bonds. The summed E-state index contributed by atoms with van der Waals surface area (Å²) in [6.45, 7) is 0.573. The molecule has 2 aromatic heterocycles. The topological polar surface area (TPSA) is 85.4 Å². The quantitative estimate of drug-likeness (QED) is 0.273. The van der Waals surface area contributed by atoms with Gasteiger partial charge in [-0.3, -0.25) is 9.36 Å². The van der Waals surface area contributed by atoms with E-state index in [4.69, 9.17) is 9.40 Å². The SMILES string of the molecule is CN(C)S(=O)(=O)c1ccc(CSc2nc3ccccc3c(=O)n2CCC2=CCCCC2)o1. The maximum atomic E-state index is 13.2. The first-order valence-corrected chi connectivity index (χ1v) is 13.1. The van der Waals surface area contributed by atoms with Crippen LogP contribution in [0.5, 0.6) is 0 Å². The summed E-state index contributed by atoms with van der Waals surface area (Å²) >= 11 is 1.38. The Bertz CT molecular complexity index is 1310. The van der Waals surface area contributed by atoms with Gasteiger partial charge >= 0.3 is 0 Å². The lowest BCUT2D eigenvalue weighted by molar-refractivity contribution is 0.408. The number of para-hydroxylation sites is 1. The van der Waals surface area contributed by atoms with E-state index in [1.807, 2.05) is 18.2 Å². The molecule has 9 heteroatoms. The molecule has 0 aliphatic heterocycles. The van der Waals surface area contributed by atoms with E-state index in [1.54, 1.807) is 16.7 Å². The normalized spacial score (nSPS) is 14.8. The number of fused-ring (bicyclic) bond motifs is 1. The lowest BCUT2D eigenvalue weighted by Gasteiger charge is -2.16. The predicted octanol–water partition coefficient (Wildman–Crippen LogP) is 4.42. The fourth-order valence-corrected chi connectivity index (χ4v) is 5.46. The molecule has 1 aliphatic carbocycles. The van der Waals surface area contributed by atoms with Crippen molar-refractivity contribution in [3.05, 3.63) is 64.2 Å². The zero-order chi connectivity index (χ0) is 22.7. The van der Waals surface area contributed by atoms with Crippen LogP contribution in [0.1, 0.15) is 37.9 Å². The van der Waals surface area contributed by atoms with E-state index in [-0.39, 0.29) is 10.7 Å². The van der Waals surface area contributed by atoms with Crippen molar-refractivity contribution in [3.63, 3.8) is 0 Å². The first kappa shape index (κ1) is 22.8. The van der Waals surface area contributed by atoms with Gasteiger partial charge in [-0.25, -0.2) is 17.7 Å². The highest BCUT2D eigenvalue weighted by Gasteiger charge is 2.22. The molecule has 32 heavy (non-hydrogen) atoms. The van der Waals surface area contributed by atoms with Gasteiger partial charge < -0.3 is 4.42 Å². The Balaban J connectivity index is 1.60. The smallest absolute Gasteiger partial charge is 0.275 e. The van der Waals surface area contributed by atoms with Gasteiger partial charge in [-0.05, 0) is 56.4 Å². The predicted molar refractivity (Wildman–Crippen MR) is 126 cm³/mol. The number of allylic oxidation sites excluding steroid dienone is 2. The van der Waals surface area contributed by atoms with E-state index in [0.29, 0.717) is 34.1 Å². The highest BCUT2D eigenvalue weighted by molar-refractivity contribution is 7.98. The summed E-state index contributed by atoms with van der Waals surface area (Å²) in [5, 5.41) is 1.12. The third-order valence-corrected chi connectivity index (χ3v) is 8.27. The molecule has 7 nitrogen and oxygen atoms in total. The van der Waals surface area contributed by atoms with Crippen molar-refractivity contribution in [2.24, 2.45) is 0 Å². The van der Waals surface area contributed by atoms with Crippen LogP contribution in [-0.2, 0) is 22.3 Å². The van der Waals surface area contributed by atoms with Gasteiger partial charge in [0.25, 0.3) is 15.6 Å². The molecular weight excluding hydrogens is 446 g/mol. The second-order valence-corrected chi connectivity index (χ2v) is 11.0. The summed E-state index contributed by atoms with van der Waals surface area (Å²) in [7, 11) is -0.695. The van der Waals surface area contributed by atoms with E-state index >= 15 is 0 Å². The Morgan fingerprint density at radius 2 is 1.97 bits per heavy atom. The number of nitrogens with zero attached hydrogens (tertiary/aromatic N) is 3. The summed E-state index contributed by atoms with van der Waals surface area (Å²) in [4.78, 5) is 18.0. The molecule has 1 aromatic carbocycles. The lowest BCUT2D eigenvalue weighted by Crippen LogP contribution is -2.24. The molecule has 2 heterocycles. The first-order chi connectivity index (χ1) is 15.4. The van der Waals surface area contributed by atoms with E-state index in [1.165, 1.54) is 50.3 Å². The van der Waals surface area contributed by atoms with Crippen LogP contribution >= 0.6 is 11.8 Å². The van der Waals surface area contributed by atoms with E-state index < -0.39 is 10.0 Å². The lowest BCUT2D eigenvalue weighted by atomic mass is 9.97. The summed E-state index contributed by atoms with van der Waals surface area (Å²) in [6.07, 6.45) is 7.77. The minimum Gasteiger partial charge on any atom is -0.447 e. The van der Waals surface area contributed by atoms with Crippen molar-refractivity contribution < 1.29 is 12.8 Å². The minimum absolute atomic E-state index is 0.0511. The molecule has 170 valence electrons. The number of furan rings is 1. The minimum atomic E-state index is -3.62. The summed E-state index contributed by atoms with van der Waals surface area (Å²) in [5.41, 5.74) is 2.00. The molecule has 4 rings (SSSR count). The van der Waals surface area contributed by atoms with Gasteiger partial charge in [0.1, 0.15) is 5.76 Å². The second kappa shape index (κ2) is 9.64. The molecule has 0 unspecified atom stereocenters. The van der Waals surface area contributed by atoms with Crippen LogP contribution in [0.3, 0.4) is 0 Å². The Morgan fingerprint density at radius 3 is 2.72 bits per heavy atom. The van der Waals surface area contributed by atoms with Crippen molar-refractivity contribution in [1.82, 2.24) is 13.9 Å². The first-order valence-electron chi connectivity index (χ1n) is 10.7. The number of hydrogen-bond acceptors (Lipinski definition) is 6. The van der Waals surface area contributed by atoms with Gasteiger partial charge in [0.15, 0.2) is 5.16 Å². The largest absolute Gasteiger partial charge is 0.447 e. The van der Waals surface area contributed by atoms with Crippen molar-refractivity contribution in [1.29, 1.82) is 0 Å². The number of sulfonamides is 1. The molecule has 0 bridgehead atoms. The van der Waals surface area contributed by atoms with Crippen LogP contribution < -0.4 is 5.56 Å². The highest BCUT2D eigenvalue weighted by atomic mass is 32.2. The molecule has 1 aliphatic rings. The summed E-state index contributed by atoms with van der Waals surface area (Å²) in [5.74, 6) is 0.885. The van der Waals surface area contributed by atoms with Crippen LogP contribution in [0.2, 0.25) is 0 Å². The summed E-state index contributed by atoms with van der Waals surface area (Å²) in [6, 6.07) is 10.5. The van der Waals surface area contributed by atoms with Crippen LogP contribution in [0.4, 0.5) is 0 Å². The Labute approximate surface area is 192 Å². The Hall–Kier alpha value is -2.36. The monoisotopic (exact) mass is 473 g/mol.